The molecule has 1 heterocycles. The van der Waals surface area contributed by atoms with Crippen molar-refractivity contribution in [2.75, 3.05) is 13.6 Å². The van der Waals surface area contributed by atoms with Crippen LogP contribution >= 0.6 is 15.9 Å². The van der Waals surface area contributed by atoms with Gasteiger partial charge < -0.3 is 4.90 Å². The quantitative estimate of drug-likeness (QED) is 0.753. The van der Waals surface area contributed by atoms with Crippen LogP contribution in [0.15, 0.2) is 53.0 Å². The van der Waals surface area contributed by atoms with Gasteiger partial charge in [-0.1, -0.05) is 52.3 Å². The molecule has 1 aliphatic rings. The van der Waals surface area contributed by atoms with Gasteiger partial charge in [0.15, 0.2) is 0 Å². The minimum absolute atomic E-state index is 0.522. The molecule has 0 saturated carbocycles. The van der Waals surface area contributed by atoms with Crippen molar-refractivity contribution in [3.05, 3.63) is 69.7 Å². The summed E-state index contributed by atoms with van der Waals surface area (Å²) in [6.45, 7) is 2.18. The van der Waals surface area contributed by atoms with E-state index in [-0.39, 0.29) is 0 Å². The molecular weight excluding hydrogens is 298 g/mol. The summed E-state index contributed by atoms with van der Waals surface area (Å²) in [5, 5.41) is 0. The summed E-state index contributed by atoms with van der Waals surface area (Å²) in [5.41, 5.74) is 4.36. The standard InChI is InChI=1S/C17H18BrN/c1-19-10-9-17(13-5-3-2-4-6-13)16-8-7-15(18)11-14(16)12-19/h2-8,11,17H,9-10,12H2,1H3/t17-/m1/s1. The second kappa shape index (κ2) is 5.48. The number of hydrogen-bond donors (Lipinski definition) is 0. The monoisotopic (exact) mass is 315 g/mol. The Labute approximate surface area is 123 Å². The Morgan fingerprint density at radius 2 is 1.89 bits per heavy atom. The highest BCUT2D eigenvalue weighted by Gasteiger charge is 2.22. The Morgan fingerprint density at radius 3 is 2.68 bits per heavy atom. The highest BCUT2D eigenvalue weighted by molar-refractivity contribution is 9.10. The van der Waals surface area contributed by atoms with Gasteiger partial charge >= 0.3 is 0 Å². The van der Waals surface area contributed by atoms with Gasteiger partial charge in [-0.05, 0) is 48.8 Å². The second-order valence-electron chi connectivity index (χ2n) is 5.33. The number of benzene rings is 2. The molecule has 0 aromatic heterocycles. The topological polar surface area (TPSA) is 3.24 Å². The zero-order valence-electron chi connectivity index (χ0n) is 11.1. The Balaban J connectivity index is 2.07. The van der Waals surface area contributed by atoms with Crippen LogP contribution in [-0.4, -0.2) is 18.5 Å². The lowest BCUT2D eigenvalue weighted by atomic mass is 9.87. The smallest absolute Gasteiger partial charge is 0.0234 e. The molecule has 2 aromatic carbocycles. The van der Waals surface area contributed by atoms with E-state index in [1.165, 1.54) is 27.6 Å². The molecule has 98 valence electrons. The second-order valence-corrected chi connectivity index (χ2v) is 6.25. The molecule has 0 spiro atoms. The zero-order chi connectivity index (χ0) is 13.2. The van der Waals surface area contributed by atoms with Gasteiger partial charge in [0.1, 0.15) is 0 Å². The molecule has 0 amide bonds. The Hall–Kier alpha value is -1.12. The number of halogens is 1. The maximum Gasteiger partial charge on any atom is 0.0234 e. The van der Waals surface area contributed by atoms with Crippen molar-refractivity contribution in [1.82, 2.24) is 4.90 Å². The predicted octanol–water partition coefficient (Wildman–Crippen LogP) is 4.42. The molecule has 0 aliphatic carbocycles. The average molecular weight is 316 g/mol. The van der Waals surface area contributed by atoms with Gasteiger partial charge in [-0.25, -0.2) is 0 Å². The number of fused-ring (bicyclic) bond motifs is 1. The summed E-state index contributed by atoms with van der Waals surface area (Å²) in [4.78, 5) is 2.41. The summed E-state index contributed by atoms with van der Waals surface area (Å²) >= 11 is 3.59. The van der Waals surface area contributed by atoms with E-state index in [0.29, 0.717) is 5.92 Å². The maximum absolute atomic E-state index is 3.59. The average Bonchev–Trinajstić information content (AvgIpc) is 2.57. The van der Waals surface area contributed by atoms with Crippen LogP contribution in [0.1, 0.15) is 29.0 Å². The highest BCUT2D eigenvalue weighted by Crippen LogP contribution is 2.34. The van der Waals surface area contributed by atoms with Crippen LogP contribution in [0.4, 0.5) is 0 Å². The number of hydrogen-bond acceptors (Lipinski definition) is 1. The van der Waals surface area contributed by atoms with Crippen molar-refractivity contribution in [2.24, 2.45) is 0 Å². The number of rotatable bonds is 1. The van der Waals surface area contributed by atoms with E-state index >= 15 is 0 Å². The van der Waals surface area contributed by atoms with Gasteiger partial charge in [0.05, 0.1) is 0 Å². The molecule has 19 heavy (non-hydrogen) atoms. The van der Waals surface area contributed by atoms with Gasteiger partial charge in [-0.2, -0.15) is 0 Å². The van der Waals surface area contributed by atoms with Crippen molar-refractivity contribution in [2.45, 2.75) is 18.9 Å². The van der Waals surface area contributed by atoms with Crippen molar-refractivity contribution in [3.8, 4) is 0 Å². The molecule has 1 aliphatic heterocycles. The first-order valence-electron chi connectivity index (χ1n) is 6.76. The molecule has 0 saturated heterocycles. The third kappa shape index (κ3) is 2.75. The van der Waals surface area contributed by atoms with Gasteiger partial charge in [0.25, 0.3) is 0 Å². The molecule has 0 fully saturated rings. The van der Waals surface area contributed by atoms with E-state index in [2.05, 4.69) is 76.4 Å². The van der Waals surface area contributed by atoms with Crippen LogP contribution in [-0.2, 0) is 6.54 Å². The summed E-state index contributed by atoms with van der Waals surface area (Å²) in [6.07, 6.45) is 1.19. The third-order valence-corrected chi connectivity index (χ3v) is 4.42. The lowest BCUT2D eigenvalue weighted by molar-refractivity contribution is 0.328. The Morgan fingerprint density at radius 1 is 1.11 bits per heavy atom. The van der Waals surface area contributed by atoms with Crippen LogP contribution in [0.2, 0.25) is 0 Å². The van der Waals surface area contributed by atoms with E-state index in [9.17, 15) is 0 Å². The maximum atomic E-state index is 3.59. The fourth-order valence-corrected chi connectivity index (χ4v) is 3.37. The van der Waals surface area contributed by atoms with Crippen molar-refractivity contribution < 1.29 is 0 Å². The normalized spacial score (nSPS) is 19.8. The van der Waals surface area contributed by atoms with Crippen LogP contribution in [0, 0.1) is 0 Å². The highest BCUT2D eigenvalue weighted by atomic mass is 79.9. The first-order chi connectivity index (χ1) is 9.24. The minimum atomic E-state index is 0.522. The lowest BCUT2D eigenvalue weighted by Gasteiger charge is -2.18. The fourth-order valence-electron chi connectivity index (χ4n) is 2.96. The summed E-state index contributed by atoms with van der Waals surface area (Å²) in [5.74, 6) is 0.522. The summed E-state index contributed by atoms with van der Waals surface area (Å²) < 4.78 is 1.17. The van der Waals surface area contributed by atoms with E-state index < -0.39 is 0 Å². The van der Waals surface area contributed by atoms with Crippen LogP contribution in [0.5, 0.6) is 0 Å². The van der Waals surface area contributed by atoms with Crippen LogP contribution < -0.4 is 0 Å². The largest absolute Gasteiger partial charge is 0.302 e. The lowest BCUT2D eigenvalue weighted by Crippen LogP contribution is -2.17. The van der Waals surface area contributed by atoms with Crippen LogP contribution in [0.25, 0.3) is 0 Å². The van der Waals surface area contributed by atoms with Crippen molar-refractivity contribution >= 4 is 15.9 Å². The minimum Gasteiger partial charge on any atom is -0.302 e. The van der Waals surface area contributed by atoms with Crippen LogP contribution in [0.3, 0.4) is 0 Å². The fraction of sp³-hybridized carbons (Fsp3) is 0.294. The van der Waals surface area contributed by atoms with Gasteiger partial charge in [0, 0.05) is 16.9 Å². The summed E-state index contributed by atoms with van der Waals surface area (Å²) in [6, 6.07) is 17.6. The van der Waals surface area contributed by atoms with Gasteiger partial charge in [-0.15, -0.1) is 0 Å². The van der Waals surface area contributed by atoms with Crippen molar-refractivity contribution in [1.29, 1.82) is 0 Å². The molecular formula is C17H18BrN. The Kier molecular flexibility index (Phi) is 3.72. The number of nitrogens with zero attached hydrogens (tertiary/aromatic N) is 1. The SMILES string of the molecule is CN1CC[C@H](c2ccccc2)c2ccc(Br)cc2C1. The summed E-state index contributed by atoms with van der Waals surface area (Å²) in [7, 11) is 2.21. The predicted molar refractivity (Wildman–Crippen MR) is 83.4 cm³/mol. The Bertz CT molecular complexity index is 565. The molecule has 0 unspecified atom stereocenters. The molecule has 2 heteroatoms. The van der Waals surface area contributed by atoms with E-state index in [1.54, 1.807) is 0 Å². The molecule has 0 bridgehead atoms. The van der Waals surface area contributed by atoms with Gasteiger partial charge in [0.2, 0.25) is 0 Å². The zero-order valence-corrected chi connectivity index (χ0v) is 12.7. The van der Waals surface area contributed by atoms with Crippen molar-refractivity contribution in [3.63, 3.8) is 0 Å². The first kappa shape index (κ1) is 12.9. The van der Waals surface area contributed by atoms with E-state index in [0.717, 1.165) is 13.1 Å². The molecule has 0 N–H and O–H groups in total. The van der Waals surface area contributed by atoms with E-state index in [4.69, 9.17) is 0 Å². The van der Waals surface area contributed by atoms with E-state index in [1.807, 2.05) is 0 Å². The molecule has 1 nitrogen and oxygen atoms in total. The molecule has 0 radical (unpaired) electrons. The molecule has 2 aromatic rings. The molecule has 3 rings (SSSR count). The molecule has 1 atom stereocenters. The van der Waals surface area contributed by atoms with Gasteiger partial charge in [-0.3, -0.25) is 0 Å². The third-order valence-electron chi connectivity index (χ3n) is 3.92. The first-order valence-corrected chi connectivity index (χ1v) is 7.55.